The highest BCUT2D eigenvalue weighted by molar-refractivity contribution is 7.09. The van der Waals surface area contributed by atoms with E-state index in [1.807, 2.05) is 0 Å². The quantitative estimate of drug-likeness (QED) is 0.778. The van der Waals surface area contributed by atoms with Crippen LogP contribution < -0.4 is 4.74 Å². The molecule has 96 valence electrons. The van der Waals surface area contributed by atoms with Crippen LogP contribution in [0.5, 0.6) is 5.75 Å². The molecule has 0 aliphatic carbocycles. The van der Waals surface area contributed by atoms with Gasteiger partial charge in [-0.05, 0) is 22.4 Å². The molecule has 0 saturated carbocycles. The van der Waals surface area contributed by atoms with Crippen molar-refractivity contribution in [3.05, 3.63) is 34.3 Å². The molecule has 0 saturated heterocycles. The zero-order valence-corrected chi connectivity index (χ0v) is 10.3. The third kappa shape index (κ3) is 2.38. The molecule has 0 aliphatic rings. The number of benzene rings is 1. The van der Waals surface area contributed by atoms with Crippen LogP contribution in [-0.4, -0.2) is 26.4 Å². The fraction of sp³-hybridized carbons (Fsp3) is 0.0909. The van der Waals surface area contributed by atoms with Crippen LogP contribution in [0.2, 0.25) is 0 Å². The van der Waals surface area contributed by atoms with Gasteiger partial charge >= 0.3 is 5.97 Å². The van der Waals surface area contributed by atoms with Gasteiger partial charge in [-0.2, -0.15) is 0 Å². The molecule has 0 spiro atoms. The number of carbonyl (C=O) groups is 1. The summed E-state index contributed by atoms with van der Waals surface area (Å²) in [7, 11) is 0. The molecule has 7 nitrogen and oxygen atoms in total. The lowest BCUT2D eigenvalue weighted by Gasteiger charge is -2.02. The minimum absolute atomic E-state index is 0.0275. The van der Waals surface area contributed by atoms with Gasteiger partial charge in [0.05, 0.1) is 0 Å². The molecular weight excluding hydrogens is 270 g/mol. The Kier molecular flexibility index (Phi) is 2.84. The number of aromatic carboxylic acids is 1. The number of ether oxygens (including phenoxy) is 1. The molecule has 1 aromatic carbocycles. The fourth-order valence-electron chi connectivity index (χ4n) is 1.47. The highest BCUT2D eigenvalue weighted by Crippen LogP contribution is 2.19. The number of hydrogen-bond donors (Lipinski definition) is 1. The number of nitrogens with zero attached hydrogens (tertiary/aromatic N) is 3. The van der Waals surface area contributed by atoms with E-state index >= 15 is 0 Å². The van der Waals surface area contributed by atoms with E-state index in [0.29, 0.717) is 21.8 Å². The first-order chi connectivity index (χ1) is 9.22. The number of hydrogen-bond acceptors (Lipinski definition) is 7. The van der Waals surface area contributed by atoms with E-state index in [1.54, 1.807) is 18.2 Å². The highest BCUT2D eigenvalue weighted by Gasteiger charge is 2.09. The Balaban J connectivity index is 1.72. The summed E-state index contributed by atoms with van der Waals surface area (Å²) in [5.41, 5.74) is 1.28. The van der Waals surface area contributed by atoms with Crippen molar-refractivity contribution in [1.82, 2.24) is 15.3 Å². The molecule has 0 radical (unpaired) electrons. The molecule has 0 bridgehead atoms. The van der Waals surface area contributed by atoms with Crippen molar-refractivity contribution in [3.63, 3.8) is 0 Å². The van der Waals surface area contributed by atoms with E-state index < -0.39 is 5.97 Å². The maximum Gasteiger partial charge on any atom is 0.355 e. The average Bonchev–Trinajstić information content (AvgIpc) is 3.04. The van der Waals surface area contributed by atoms with Gasteiger partial charge in [-0.1, -0.05) is 0 Å². The molecule has 0 aliphatic heterocycles. The second-order valence-electron chi connectivity index (χ2n) is 3.64. The highest BCUT2D eigenvalue weighted by atomic mass is 32.1. The Bertz CT molecular complexity index is 736. The minimum Gasteiger partial charge on any atom is -0.486 e. The molecule has 0 atom stereocenters. The SMILES string of the molecule is O=C(O)c1csc(COc2ccc3nonc3c2)n1. The summed E-state index contributed by atoms with van der Waals surface area (Å²) in [6, 6.07) is 5.15. The summed E-state index contributed by atoms with van der Waals surface area (Å²) in [6.45, 7) is 0.203. The van der Waals surface area contributed by atoms with Gasteiger partial charge in [0.1, 0.15) is 28.4 Å². The Labute approximate surface area is 110 Å². The largest absolute Gasteiger partial charge is 0.486 e. The van der Waals surface area contributed by atoms with Gasteiger partial charge in [-0.15, -0.1) is 11.3 Å². The first-order valence-corrected chi connectivity index (χ1v) is 6.13. The van der Waals surface area contributed by atoms with E-state index in [4.69, 9.17) is 9.84 Å². The van der Waals surface area contributed by atoms with Crippen molar-refractivity contribution >= 4 is 28.3 Å². The van der Waals surface area contributed by atoms with Crippen LogP contribution in [0, 0.1) is 0 Å². The lowest BCUT2D eigenvalue weighted by Crippen LogP contribution is -1.99. The van der Waals surface area contributed by atoms with E-state index in [9.17, 15) is 4.79 Å². The Hall–Kier alpha value is -2.48. The van der Waals surface area contributed by atoms with Gasteiger partial charge < -0.3 is 9.84 Å². The predicted octanol–water partition coefficient (Wildman–Crippen LogP) is 1.96. The number of carboxylic acids is 1. The minimum atomic E-state index is -1.04. The summed E-state index contributed by atoms with van der Waals surface area (Å²) in [5, 5.41) is 18.2. The van der Waals surface area contributed by atoms with Crippen LogP contribution in [0.3, 0.4) is 0 Å². The first-order valence-electron chi connectivity index (χ1n) is 5.25. The average molecular weight is 277 g/mol. The number of aromatic nitrogens is 3. The summed E-state index contributed by atoms with van der Waals surface area (Å²) in [4.78, 5) is 14.6. The smallest absolute Gasteiger partial charge is 0.355 e. The summed E-state index contributed by atoms with van der Waals surface area (Å²) >= 11 is 1.24. The van der Waals surface area contributed by atoms with Gasteiger partial charge in [-0.3, -0.25) is 0 Å². The topological polar surface area (TPSA) is 98.3 Å². The zero-order valence-electron chi connectivity index (χ0n) is 9.44. The molecule has 3 aromatic rings. The van der Waals surface area contributed by atoms with Crippen molar-refractivity contribution in [2.75, 3.05) is 0 Å². The van der Waals surface area contributed by atoms with E-state index in [1.165, 1.54) is 16.7 Å². The maximum atomic E-state index is 10.7. The summed E-state index contributed by atoms with van der Waals surface area (Å²) < 4.78 is 10.1. The summed E-state index contributed by atoms with van der Waals surface area (Å²) in [5.74, 6) is -0.451. The van der Waals surface area contributed by atoms with Crippen molar-refractivity contribution in [2.45, 2.75) is 6.61 Å². The second kappa shape index (κ2) is 4.65. The molecular formula is C11H7N3O4S. The Morgan fingerprint density at radius 3 is 3.00 bits per heavy atom. The molecule has 19 heavy (non-hydrogen) atoms. The van der Waals surface area contributed by atoms with Gasteiger partial charge in [0.25, 0.3) is 0 Å². The number of thiazole rings is 1. The van der Waals surface area contributed by atoms with Crippen molar-refractivity contribution in [2.24, 2.45) is 0 Å². The van der Waals surface area contributed by atoms with Crippen LogP contribution in [0.15, 0.2) is 28.2 Å². The molecule has 0 amide bonds. The first kappa shape index (κ1) is 11.6. The van der Waals surface area contributed by atoms with Crippen molar-refractivity contribution < 1.29 is 19.3 Å². The fourth-order valence-corrected chi connectivity index (χ4v) is 2.15. The van der Waals surface area contributed by atoms with Crippen LogP contribution in [-0.2, 0) is 6.61 Å². The monoisotopic (exact) mass is 277 g/mol. The Morgan fingerprint density at radius 1 is 1.37 bits per heavy atom. The zero-order chi connectivity index (χ0) is 13.2. The molecule has 1 N–H and O–H groups in total. The Morgan fingerprint density at radius 2 is 2.21 bits per heavy atom. The number of fused-ring (bicyclic) bond motifs is 1. The molecule has 0 fully saturated rings. The van der Waals surface area contributed by atoms with Gasteiger partial charge in [0.2, 0.25) is 0 Å². The molecule has 2 heterocycles. The molecule has 0 unspecified atom stereocenters. The molecule has 2 aromatic heterocycles. The van der Waals surface area contributed by atoms with Crippen molar-refractivity contribution in [3.8, 4) is 5.75 Å². The van der Waals surface area contributed by atoms with E-state index in [2.05, 4.69) is 19.9 Å². The van der Waals surface area contributed by atoms with Crippen molar-refractivity contribution in [1.29, 1.82) is 0 Å². The van der Waals surface area contributed by atoms with E-state index in [-0.39, 0.29) is 12.3 Å². The van der Waals surface area contributed by atoms with Gasteiger partial charge in [0, 0.05) is 11.4 Å². The summed E-state index contributed by atoms with van der Waals surface area (Å²) in [6.07, 6.45) is 0. The molecule has 8 heteroatoms. The number of carboxylic acid groups (broad SMARTS) is 1. The van der Waals surface area contributed by atoms with E-state index in [0.717, 1.165) is 0 Å². The third-order valence-electron chi connectivity index (χ3n) is 2.36. The van der Waals surface area contributed by atoms with Gasteiger partial charge in [-0.25, -0.2) is 14.4 Å². The standard InChI is InChI=1S/C11H7N3O4S/c15-11(16)9-5-19-10(12-9)4-17-6-1-2-7-8(3-6)14-18-13-7/h1-3,5H,4H2,(H,15,16). The maximum absolute atomic E-state index is 10.7. The normalized spacial score (nSPS) is 10.7. The van der Waals surface area contributed by atoms with Crippen LogP contribution in [0.25, 0.3) is 11.0 Å². The lowest BCUT2D eigenvalue weighted by atomic mass is 10.3. The number of rotatable bonds is 4. The predicted molar refractivity (Wildman–Crippen MR) is 65.2 cm³/mol. The van der Waals surface area contributed by atoms with Gasteiger partial charge in [0.15, 0.2) is 5.69 Å². The van der Waals surface area contributed by atoms with Crippen LogP contribution in [0.1, 0.15) is 15.5 Å². The second-order valence-corrected chi connectivity index (χ2v) is 4.58. The third-order valence-corrected chi connectivity index (χ3v) is 3.18. The van der Waals surface area contributed by atoms with Crippen LogP contribution in [0.4, 0.5) is 0 Å². The lowest BCUT2D eigenvalue weighted by molar-refractivity contribution is 0.0691. The molecule has 3 rings (SSSR count). The van der Waals surface area contributed by atoms with Crippen LogP contribution >= 0.6 is 11.3 Å².